The van der Waals surface area contributed by atoms with E-state index < -0.39 is 0 Å². The Labute approximate surface area is 184 Å². The second kappa shape index (κ2) is 12.0. The Morgan fingerprint density at radius 3 is 3.07 bits per heavy atom. The van der Waals surface area contributed by atoms with Gasteiger partial charge < -0.3 is 20.3 Å². The maximum atomic E-state index is 5.63. The molecule has 152 valence electrons. The van der Waals surface area contributed by atoms with Gasteiger partial charge in [-0.1, -0.05) is 0 Å². The molecule has 0 bridgehead atoms. The van der Waals surface area contributed by atoms with Crippen molar-refractivity contribution in [3.8, 4) is 0 Å². The van der Waals surface area contributed by atoms with E-state index in [0.717, 1.165) is 49.8 Å². The van der Waals surface area contributed by atoms with Crippen molar-refractivity contribution in [1.82, 2.24) is 15.6 Å². The molecule has 0 amide bonds. The van der Waals surface area contributed by atoms with E-state index in [4.69, 9.17) is 9.73 Å². The minimum absolute atomic E-state index is 0. The van der Waals surface area contributed by atoms with Crippen molar-refractivity contribution in [2.24, 2.45) is 4.99 Å². The zero-order valence-electron chi connectivity index (χ0n) is 16.3. The Kier molecular flexibility index (Phi) is 9.99. The molecule has 3 rings (SSSR count). The van der Waals surface area contributed by atoms with Gasteiger partial charge in [-0.3, -0.25) is 0 Å². The number of rotatable bonds is 6. The van der Waals surface area contributed by atoms with Gasteiger partial charge >= 0.3 is 0 Å². The smallest absolute Gasteiger partial charge is 0.191 e. The summed E-state index contributed by atoms with van der Waals surface area (Å²) in [6, 6.07) is 4.20. The van der Waals surface area contributed by atoms with Crippen LogP contribution in [0.3, 0.4) is 0 Å². The molecule has 2 fully saturated rings. The largest absolute Gasteiger partial charge is 0.375 e. The molecule has 0 aliphatic carbocycles. The molecule has 1 aromatic heterocycles. The van der Waals surface area contributed by atoms with E-state index in [2.05, 4.69) is 52.2 Å². The van der Waals surface area contributed by atoms with E-state index in [1.165, 1.54) is 24.2 Å². The highest BCUT2D eigenvalue weighted by Gasteiger charge is 2.18. The van der Waals surface area contributed by atoms with Gasteiger partial charge in [0.2, 0.25) is 0 Å². The Morgan fingerprint density at radius 1 is 1.44 bits per heavy atom. The number of halogens is 1. The van der Waals surface area contributed by atoms with Crippen molar-refractivity contribution >= 4 is 47.5 Å². The molecule has 2 atom stereocenters. The third-order valence-corrected chi connectivity index (χ3v) is 6.06. The van der Waals surface area contributed by atoms with Crippen molar-refractivity contribution < 1.29 is 4.74 Å². The SMILES string of the molecule is CCNC(=NCc1ccnc(N2CCOC(C)C2)c1)NCC1CCCS1.I. The van der Waals surface area contributed by atoms with E-state index in [0.29, 0.717) is 6.54 Å². The number of hydrogen-bond donors (Lipinski definition) is 2. The minimum Gasteiger partial charge on any atom is -0.375 e. The van der Waals surface area contributed by atoms with Gasteiger partial charge in [0.05, 0.1) is 19.3 Å². The van der Waals surface area contributed by atoms with Crippen LogP contribution in [0.2, 0.25) is 0 Å². The monoisotopic (exact) mass is 505 g/mol. The highest BCUT2D eigenvalue weighted by Crippen LogP contribution is 2.25. The number of aliphatic imine (C=N–C) groups is 1. The van der Waals surface area contributed by atoms with Crippen LogP contribution in [0.25, 0.3) is 0 Å². The van der Waals surface area contributed by atoms with Crippen molar-refractivity contribution in [2.45, 2.75) is 44.6 Å². The lowest BCUT2D eigenvalue weighted by Gasteiger charge is -2.32. The van der Waals surface area contributed by atoms with Crippen molar-refractivity contribution in [3.05, 3.63) is 23.9 Å². The van der Waals surface area contributed by atoms with Crippen LogP contribution in [0.5, 0.6) is 0 Å². The molecular formula is C19H32IN5OS. The summed E-state index contributed by atoms with van der Waals surface area (Å²) in [4.78, 5) is 11.6. The number of hydrogen-bond acceptors (Lipinski definition) is 5. The molecule has 0 radical (unpaired) electrons. The summed E-state index contributed by atoms with van der Waals surface area (Å²) in [5.41, 5.74) is 1.18. The average Bonchev–Trinajstić information content (AvgIpc) is 3.18. The first-order valence-corrected chi connectivity index (χ1v) is 10.7. The van der Waals surface area contributed by atoms with E-state index >= 15 is 0 Å². The first kappa shape index (κ1) is 22.5. The van der Waals surface area contributed by atoms with Crippen LogP contribution in [0.15, 0.2) is 23.3 Å². The lowest BCUT2D eigenvalue weighted by molar-refractivity contribution is 0.0529. The van der Waals surface area contributed by atoms with Crippen LogP contribution in [0, 0.1) is 0 Å². The highest BCUT2D eigenvalue weighted by molar-refractivity contribution is 14.0. The molecule has 8 heteroatoms. The molecule has 6 nitrogen and oxygen atoms in total. The van der Waals surface area contributed by atoms with E-state index in [-0.39, 0.29) is 30.1 Å². The average molecular weight is 505 g/mol. The molecule has 1 aromatic rings. The molecule has 0 saturated carbocycles. The fraction of sp³-hybridized carbons (Fsp3) is 0.684. The van der Waals surface area contributed by atoms with Gasteiger partial charge in [0.1, 0.15) is 5.82 Å². The van der Waals surface area contributed by atoms with Crippen molar-refractivity contribution in [1.29, 1.82) is 0 Å². The first-order chi connectivity index (χ1) is 12.7. The van der Waals surface area contributed by atoms with Crippen LogP contribution < -0.4 is 15.5 Å². The normalized spacial score (nSPS) is 23.0. The maximum absolute atomic E-state index is 5.63. The highest BCUT2D eigenvalue weighted by atomic mass is 127. The first-order valence-electron chi connectivity index (χ1n) is 9.70. The van der Waals surface area contributed by atoms with E-state index in [1.807, 2.05) is 12.3 Å². The molecule has 27 heavy (non-hydrogen) atoms. The number of nitrogens with zero attached hydrogens (tertiary/aromatic N) is 3. The van der Waals surface area contributed by atoms with Gasteiger partial charge in [-0.05, 0) is 50.1 Å². The van der Waals surface area contributed by atoms with Crippen LogP contribution in [-0.2, 0) is 11.3 Å². The number of nitrogens with one attached hydrogen (secondary N) is 2. The second-order valence-electron chi connectivity index (χ2n) is 6.86. The third kappa shape index (κ3) is 7.30. The second-order valence-corrected chi connectivity index (χ2v) is 8.27. The summed E-state index contributed by atoms with van der Waals surface area (Å²) < 4.78 is 5.63. The number of ether oxygens (including phenoxy) is 1. The van der Waals surface area contributed by atoms with Gasteiger partial charge in [-0.25, -0.2) is 9.98 Å². The topological polar surface area (TPSA) is 61.8 Å². The van der Waals surface area contributed by atoms with Gasteiger partial charge in [-0.15, -0.1) is 24.0 Å². The maximum Gasteiger partial charge on any atom is 0.191 e. The summed E-state index contributed by atoms with van der Waals surface area (Å²) in [6.07, 6.45) is 4.79. The fourth-order valence-electron chi connectivity index (χ4n) is 3.29. The van der Waals surface area contributed by atoms with Crippen LogP contribution in [0.4, 0.5) is 5.82 Å². The van der Waals surface area contributed by atoms with Gasteiger partial charge in [0.25, 0.3) is 0 Å². The quantitative estimate of drug-likeness (QED) is 0.352. The Morgan fingerprint density at radius 2 is 2.33 bits per heavy atom. The number of thioether (sulfide) groups is 1. The molecule has 2 saturated heterocycles. The molecule has 0 spiro atoms. The molecule has 2 N–H and O–H groups in total. The Bertz CT molecular complexity index is 597. The lowest BCUT2D eigenvalue weighted by Crippen LogP contribution is -2.41. The zero-order chi connectivity index (χ0) is 18.2. The Hall–Kier alpha value is -0.740. The standard InChI is InChI=1S/C19H31N5OS.HI/c1-3-20-19(23-13-17-5-4-10-26-17)22-12-16-6-7-21-18(11-16)24-8-9-25-15(2)14-24;/h6-7,11,15,17H,3-5,8-10,12-14H2,1-2H3,(H2,20,22,23);1H. The molecular weight excluding hydrogens is 473 g/mol. The molecule has 2 aliphatic rings. The van der Waals surface area contributed by atoms with Gasteiger partial charge in [0, 0.05) is 37.6 Å². The molecule has 2 aliphatic heterocycles. The van der Waals surface area contributed by atoms with Crippen LogP contribution >= 0.6 is 35.7 Å². The number of guanidine groups is 1. The summed E-state index contributed by atoms with van der Waals surface area (Å²) in [7, 11) is 0. The number of pyridine rings is 1. The Balaban J connectivity index is 0.00000261. The van der Waals surface area contributed by atoms with Crippen molar-refractivity contribution in [3.63, 3.8) is 0 Å². The third-order valence-electron chi connectivity index (χ3n) is 4.66. The predicted molar refractivity (Wildman–Crippen MR) is 126 cm³/mol. The molecule has 0 aromatic carbocycles. The lowest BCUT2D eigenvalue weighted by atomic mass is 10.2. The van der Waals surface area contributed by atoms with Crippen LogP contribution in [-0.4, -0.2) is 60.8 Å². The summed E-state index contributed by atoms with van der Waals surface area (Å²) >= 11 is 2.07. The number of anilines is 1. The zero-order valence-corrected chi connectivity index (χ0v) is 19.5. The number of morpholine rings is 1. The number of aromatic nitrogens is 1. The molecule has 3 heterocycles. The van der Waals surface area contributed by atoms with E-state index in [9.17, 15) is 0 Å². The van der Waals surface area contributed by atoms with Crippen molar-refractivity contribution in [2.75, 3.05) is 43.4 Å². The summed E-state index contributed by atoms with van der Waals surface area (Å²) in [5, 5.41) is 7.56. The minimum atomic E-state index is 0. The van der Waals surface area contributed by atoms with E-state index in [1.54, 1.807) is 0 Å². The van der Waals surface area contributed by atoms with Gasteiger partial charge in [0.15, 0.2) is 5.96 Å². The predicted octanol–water partition coefficient (Wildman–Crippen LogP) is 2.88. The summed E-state index contributed by atoms with van der Waals surface area (Å²) in [6.45, 7) is 9.28. The summed E-state index contributed by atoms with van der Waals surface area (Å²) in [5.74, 6) is 3.21. The van der Waals surface area contributed by atoms with Crippen LogP contribution in [0.1, 0.15) is 32.3 Å². The fourth-order valence-corrected chi connectivity index (χ4v) is 4.49. The molecule has 2 unspecified atom stereocenters. The van der Waals surface area contributed by atoms with Gasteiger partial charge in [-0.2, -0.15) is 11.8 Å².